The molecule has 37 heavy (non-hydrogen) atoms. The molecule has 2 aliphatic rings. The smallest absolute Gasteiger partial charge is 0.246 e. The van der Waals surface area contributed by atoms with Crippen LogP contribution in [0.5, 0.6) is 0 Å². The molecule has 2 amide bonds. The number of nitrogens with zero attached hydrogens (tertiary/aromatic N) is 3. The van der Waals surface area contributed by atoms with Gasteiger partial charge in [-0.1, -0.05) is 29.8 Å². The van der Waals surface area contributed by atoms with Gasteiger partial charge >= 0.3 is 0 Å². The maximum absolute atomic E-state index is 14.0. The second kappa shape index (κ2) is 11.2. The van der Waals surface area contributed by atoms with Crippen LogP contribution < -0.4 is 10.6 Å². The van der Waals surface area contributed by atoms with Gasteiger partial charge in [-0.15, -0.1) is 0 Å². The van der Waals surface area contributed by atoms with Crippen LogP contribution in [0, 0.1) is 5.92 Å². The zero-order valence-electron chi connectivity index (χ0n) is 21.3. The highest BCUT2D eigenvalue weighted by molar-refractivity contribution is 6.33. The standard InChI is InChI=1S/C28H34ClN5O3/c1-18(30-2)27(35)32-25(19-11-15-37-16-12-19)28(36)34-14-6-10-24(34)23-17-33-13-5-8-21(26(33)31-23)20-7-3-4-9-22(20)29/h3-5,7-9,13,17-19,24-25,30H,6,10-12,14-16H2,1-2H3,(H,32,35)/t18-,24?,25?/m0/s1. The Morgan fingerprint density at radius 3 is 2.62 bits per heavy atom. The van der Waals surface area contributed by atoms with Gasteiger partial charge in [0, 0.05) is 48.3 Å². The number of likely N-dealkylation sites (tertiary alicyclic amines) is 1. The van der Waals surface area contributed by atoms with E-state index in [1.165, 1.54) is 0 Å². The lowest BCUT2D eigenvalue weighted by Gasteiger charge is -2.35. The molecule has 8 nitrogen and oxygen atoms in total. The van der Waals surface area contributed by atoms with Gasteiger partial charge in [0.1, 0.15) is 11.7 Å². The monoisotopic (exact) mass is 523 g/mol. The van der Waals surface area contributed by atoms with Gasteiger partial charge in [0.25, 0.3) is 0 Å². The van der Waals surface area contributed by atoms with Crippen LogP contribution in [0.25, 0.3) is 16.8 Å². The van der Waals surface area contributed by atoms with Crippen LogP contribution in [-0.2, 0) is 14.3 Å². The average molecular weight is 524 g/mol. The Morgan fingerprint density at radius 2 is 1.86 bits per heavy atom. The molecule has 0 aliphatic carbocycles. The summed E-state index contributed by atoms with van der Waals surface area (Å²) in [5, 5.41) is 6.70. The van der Waals surface area contributed by atoms with Gasteiger partial charge in [-0.05, 0) is 63.8 Å². The Morgan fingerprint density at radius 1 is 1.11 bits per heavy atom. The third kappa shape index (κ3) is 5.23. The number of ether oxygens (including phenoxy) is 1. The molecule has 9 heteroatoms. The molecule has 2 fully saturated rings. The van der Waals surface area contributed by atoms with E-state index in [-0.39, 0.29) is 29.8 Å². The first-order chi connectivity index (χ1) is 18.0. The summed E-state index contributed by atoms with van der Waals surface area (Å²) < 4.78 is 7.54. The Bertz CT molecular complexity index is 1270. The highest BCUT2D eigenvalue weighted by atomic mass is 35.5. The number of hydrogen-bond acceptors (Lipinski definition) is 5. The van der Waals surface area contributed by atoms with Crippen LogP contribution in [0.2, 0.25) is 5.02 Å². The summed E-state index contributed by atoms with van der Waals surface area (Å²) in [6.07, 6.45) is 7.20. The van der Waals surface area contributed by atoms with Crippen molar-refractivity contribution < 1.29 is 14.3 Å². The maximum Gasteiger partial charge on any atom is 0.246 e. The van der Waals surface area contributed by atoms with Gasteiger partial charge in [-0.3, -0.25) is 9.59 Å². The Balaban J connectivity index is 1.45. The molecule has 196 valence electrons. The van der Waals surface area contributed by atoms with Crippen molar-refractivity contribution in [1.82, 2.24) is 24.9 Å². The molecule has 1 aromatic carbocycles. The summed E-state index contributed by atoms with van der Waals surface area (Å²) in [5.41, 5.74) is 3.53. The number of rotatable bonds is 7. The molecular formula is C28H34ClN5O3. The molecular weight excluding hydrogens is 490 g/mol. The van der Waals surface area contributed by atoms with Crippen molar-refractivity contribution in [3.63, 3.8) is 0 Å². The van der Waals surface area contributed by atoms with E-state index in [2.05, 4.69) is 10.6 Å². The highest BCUT2D eigenvalue weighted by Gasteiger charge is 2.40. The fourth-order valence-corrected chi connectivity index (χ4v) is 5.68. The zero-order chi connectivity index (χ0) is 25.9. The predicted molar refractivity (Wildman–Crippen MR) is 143 cm³/mol. The van der Waals surface area contributed by atoms with Crippen molar-refractivity contribution in [2.75, 3.05) is 26.8 Å². The third-order valence-corrected chi connectivity index (χ3v) is 8.00. The minimum absolute atomic E-state index is 0.0329. The van der Waals surface area contributed by atoms with Gasteiger partial charge in [0.2, 0.25) is 11.8 Å². The molecule has 3 aromatic rings. The van der Waals surface area contributed by atoms with Gasteiger partial charge < -0.3 is 24.7 Å². The highest BCUT2D eigenvalue weighted by Crippen LogP contribution is 2.36. The average Bonchev–Trinajstić information content (AvgIpc) is 3.59. The molecule has 2 aromatic heterocycles. The Kier molecular flexibility index (Phi) is 7.79. The summed E-state index contributed by atoms with van der Waals surface area (Å²) in [5.74, 6) is -0.155. The minimum Gasteiger partial charge on any atom is -0.381 e. The van der Waals surface area contributed by atoms with Crippen LogP contribution >= 0.6 is 11.6 Å². The molecule has 2 unspecified atom stereocenters. The number of likely N-dealkylation sites (N-methyl/N-ethyl adjacent to an activating group) is 1. The molecule has 3 atom stereocenters. The first kappa shape index (κ1) is 25.7. The van der Waals surface area contributed by atoms with Crippen molar-refractivity contribution in [2.45, 2.75) is 50.7 Å². The molecule has 5 rings (SSSR count). The number of nitrogens with one attached hydrogen (secondary N) is 2. The number of benzene rings is 1. The summed E-state index contributed by atoms with van der Waals surface area (Å²) in [7, 11) is 1.74. The fourth-order valence-electron chi connectivity index (χ4n) is 5.44. The normalized spacial score (nSPS) is 20.2. The molecule has 0 bridgehead atoms. The lowest BCUT2D eigenvalue weighted by Crippen LogP contribution is -2.56. The Hall–Kier alpha value is -2.94. The largest absolute Gasteiger partial charge is 0.381 e. The van der Waals surface area contributed by atoms with E-state index in [1.54, 1.807) is 14.0 Å². The fraction of sp³-hybridized carbons (Fsp3) is 0.464. The third-order valence-electron chi connectivity index (χ3n) is 7.67. The first-order valence-corrected chi connectivity index (χ1v) is 13.4. The number of aromatic nitrogens is 2. The van der Waals surface area contributed by atoms with E-state index in [0.717, 1.165) is 48.2 Å². The second-order valence-corrected chi connectivity index (χ2v) is 10.3. The quantitative estimate of drug-likeness (QED) is 0.491. The Labute approximate surface area is 222 Å². The SMILES string of the molecule is CN[C@@H](C)C(=O)NC(C(=O)N1CCCC1c1cn2cccc(-c3ccccc3Cl)c2n1)C1CCOCC1. The molecule has 2 saturated heterocycles. The molecule has 2 N–H and O–H groups in total. The summed E-state index contributed by atoms with van der Waals surface area (Å²) in [4.78, 5) is 33.8. The minimum atomic E-state index is -0.580. The zero-order valence-corrected chi connectivity index (χ0v) is 22.1. The van der Waals surface area contributed by atoms with Crippen molar-refractivity contribution in [1.29, 1.82) is 0 Å². The molecule has 0 radical (unpaired) electrons. The number of carbonyl (C=O) groups is 2. The first-order valence-electron chi connectivity index (χ1n) is 13.1. The van der Waals surface area contributed by atoms with Crippen molar-refractivity contribution in [3.05, 3.63) is 59.5 Å². The van der Waals surface area contributed by atoms with Crippen molar-refractivity contribution in [2.24, 2.45) is 5.92 Å². The van der Waals surface area contributed by atoms with Gasteiger partial charge in [0.15, 0.2) is 0 Å². The number of hydrogen-bond donors (Lipinski definition) is 2. The number of halogens is 1. The second-order valence-electron chi connectivity index (χ2n) is 9.93. The number of amides is 2. The van der Waals surface area contributed by atoms with E-state index in [4.69, 9.17) is 21.3 Å². The maximum atomic E-state index is 14.0. The summed E-state index contributed by atoms with van der Waals surface area (Å²) in [6, 6.07) is 10.6. The summed E-state index contributed by atoms with van der Waals surface area (Å²) >= 11 is 6.50. The van der Waals surface area contributed by atoms with Crippen LogP contribution in [0.15, 0.2) is 48.8 Å². The molecule has 0 saturated carbocycles. The van der Waals surface area contributed by atoms with Gasteiger partial charge in [-0.25, -0.2) is 4.98 Å². The van der Waals surface area contributed by atoms with Crippen LogP contribution in [0.3, 0.4) is 0 Å². The van der Waals surface area contributed by atoms with Crippen LogP contribution in [0.4, 0.5) is 0 Å². The van der Waals surface area contributed by atoms with Crippen molar-refractivity contribution >= 4 is 29.1 Å². The van der Waals surface area contributed by atoms with E-state index >= 15 is 0 Å². The molecule has 0 spiro atoms. The molecule has 2 aliphatic heterocycles. The van der Waals surface area contributed by atoms with Gasteiger partial charge in [0.05, 0.1) is 17.8 Å². The lowest BCUT2D eigenvalue weighted by molar-refractivity contribution is -0.140. The van der Waals surface area contributed by atoms with Crippen LogP contribution in [-0.4, -0.2) is 65.0 Å². The summed E-state index contributed by atoms with van der Waals surface area (Å²) in [6.45, 7) is 3.65. The van der Waals surface area contributed by atoms with E-state index in [0.29, 0.717) is 24.8 Å². The van der Waals surface area contributed by atoms with Crippen LogP contribution in [0.1, 0.15) is 44.3 Å². The number of pyridine rings is 1. The van der Waals surface area contributed by atoms with Gasteiger partial charge in [-0.2, -0.15) is 0 Å². The lowest BCUT2D eigenvalue weighted by atomic mass is 9.90. The van der Waals surface area contributed by atoms with E-state index in [9.17, 15) is 9.59 Å². The topological polar surface area (TPSA) is 88.0 Å². The number of carbonyl (C=O) groups excluding carboxylic acids is 2. The molecule has 4 heterocycles. The van der Waals surface area contributed by atoms with E-state index < -0.39 is 6.04 Å². The van der Waals surface area contributed by atoms with Crippen molar-refractivity contribution in [3.8, 4) is 11.1 Å². The van der Waals surface area contributed by atoms with E-state index in [1.807, 2.05) is 58.1 Å². The number of imidazole rings is 1. The predicted octanol–water partition coefficient (Wildman–Crippen LogP) is 3.84. The number of fused-ring (bicyclic) bond motifs is 1.